The molecule has 1 rings (SSSR count). The number of rotatable bonds is 10. The molecule has 6 heteroatoms. The first-order chi connectivity index (χ1) is 10.2. The van der Waals surface area contributed by atoms with Crippen LogP contribution in [0.1, 0.15) is 18.4 Å². The molecule has 0 bridgehead atoms. The maximum absolute atomic E-state index is 11.0. The molecular formula is C15H22BrNO4. The van der Waals surface area contributed by atoms with Gasteiger partial charge in [0.25, 0.3) is 0 Å². The lowest BCUT2D eigenvalue weighted by Gasteiger charge is -2.12. The van der Waals surface area contributed by atoms with Gasteiger partial charge >= 0.3 is 5.97 Å². The van der Waals surface area contributed by atoms with E-state index in [0.29, 0.717) is 32.6 Å². The van der Waals surface area contributed by atoms with Crippen LogP contribution in [-0.4, -0.2) is 39.9 Å². The number of carbonyl (C=O) groups is 1. The van der Waals surface area contributed by atoms with Crippen molar-refractivity contribution in [1.82, 2.24) is 5.32 Å². The summed E-state index contributed by atoms with van der Waals surface area (Å²) < 4.78 is 16.3. The molecule has 0 unspecified atom stereocenters. The van der Waals surface area contributed by atoms with E-state index in [9.17, 15) is 4.79 Å². The highest BCUT2D eigenvalue weighted by Crippen LogP contribution is 2.23. The zero-order valence-electron chi connectivity index (χ0n) is 12.5. The maximum Gasteiger partial charge on any atom is 0.305 e. The zero-order valence-corrected chi connectivity index (χ0v) is 14.1. The number of benzene rings is 1. The van der Waals surface area contributed by atoms with E-state index in [2.05, 4.69) is 26.0 Å². The minimum Gasteiger partial charge on any atom is -0.493 e. The van der Waals surface area contributed by atoms with Crippen molar-refractivity contribution in [3.05, 3.63) is 28.2 Å². The lowest BCUT2D eigenvalue weighted by Crippen LogP contribution is -2.19. The van der Waals surface area contributed by atoms with Crippen LogP contribution < -0.4 is 10.1 Å². The third kappa shape index (κ3) is 7.45. The van der Waals surface area contributed by atoms with Gasteiger partial charge in [-0.1, -0.05) is 15.9 Å². The van der Waals surface area contributed by atoms with Crippen molar-refractivity contribution in [2.24, 2.45) is 0 Å². The summed E-state index contributed by atoms with van der Waals surface area (Å²) in [5.41, 5.74) is 1.07. The van der Waals surface area contributed by atoms with Crippen LogP contribution in [0.15, 0.2) is 22.7 Å². The van der Waals surface area contributed by atoms with Crippen molar-refractivity contribution in [3.63, 3.8) is 0 Å². The maximum atomic E-state index is 11.0. The Morgan fingerprint density at radius 1 is 1.29 bits per heavy atom. The predicted molar refractivity (Wildman–Crippen MR) is 84.5 cm³/mol. The Labute approximate surface area is 134 Å². The average molecular weight is 360 g/mol. The van der Waals surface area contributed by atoms with Gasteiger partial charge in [-0.3, -0.25) is 4.79 Å². The van der Waals surface area contributed by atoms with Gasteiger partial charge in [0.1, 0.15) is 5.75 Å². The number of ether oxygens (including phenoxy) is 3. The molecule has 0 fully saturated rings. The molecule has 1 N–H and O–H groups in total. The Kier molecular flexibility index (Phi) is 9.05. The van der Waals surface area contributed by atoms with Crippen LogP contribution in [0, 0.1) is 0 Å². The van der Waals surface area contributed by atoms with E-state index < -0.39 is 0 Å². The smallest absolute Gasteiger partial charge is 0.305 e. The minimum absolute atomic E-state index is 0.212. The summed E-state index contributed by atoms with van der Waals surface area (Å²) in [6, 6.07) is 5.89. The molecule has 0 saturated carbocycles. The van der Waals surface area contributed by atoms with Gasteiger partial charge in [-0.25, -0.2) is 0 Å². The number of halogens is 1. The summed E-state index contributed by atoms with van der Waals surface area (Å²) in [6.07, 6.45) is 1.01. The number of nitrogens with one attached hydrogen (secondary N) is 1. The van der Waals surface area contributed by atoms with Crippen molar-refractivity contribution in [2.75, 3.05) is 34.0 Å². The number of esters is 1. The third-order valence-electron chi connectivity index (χ3n) is 2.83. The highest BCUT2D eigenvalue weighted by molar-refractivity contribution is 9.10. The number of hydrogen-bond donors (Lipinski definition) is 1. The molecule has 0 spiro atoms. The second-order valence-electron chi connectivity index (χ2n) is 4.45. The first-order valence-electron chi connectivity index (χ1n) is 6.85. The molecule has 0 amide bonds. The van der Waals surface area contributed by atoms with Gasteiger partial charge in [-0.05, 0) is 24.6 Å². The molecule has 118 valence electrons. The van der Waals surface area contributed by atoms with Crippen LogP contribution in [0.25, 0.3) is 0 Å². The number of methoxy groups -OCH3 is 2. The van der Waals surface area contributed by atoms with Gasteiger partial charge in [-0.15, -0.1) is 0 Å². The Balaban J connectivity index is 2.46. The van der Waals surface area contributed by atoms with Gasteiger partial charge in [0, 0.05) is 36.7 Å². The first kappa shape index (κ1) is 17.9. The van der Waals surface area contributed by atoms with Crippen molar-refractivity contribution < 1.29 is 19.0 Å². The van der Waals surface area contributed by atoms with Crippen molar-refractivity contribution in [2.45, 2.75) is 19.4 Å². The molecule has 1 aromatic rings. The van der Waals surface area contributed by atoms with E-state index in [0.717, 1.165) is 22.3 Å². The van der Waals surface area contributed by atoms with Crippen LogP contribution in [0.2, 0.25) is 0 Å². The molecule has 0 aliphatic heterocycles. The summed E-state index contributed by atoms with van der Waals surface area (Å²) in [5, 5.41) is 3.29. The van der Waals surface area contributed by atoms with Crippen molar-refractivity contribution >= 4 is 21.9 Å². The van der Waals surface area contributed by atoms with Gasteiger partial charge < -0.3 is 19.5 Å². The quantitative estimate of drug-likeness (QED) is 0.513. The van der Waals surface area contributed by atoms with Crippen molar-refractivity contribution in [3.8, 4) is 5.75 Å². The fourth-order valence-electron chi connectivity index (χ4n) is 1.72. The van der Waals surface area contributed by atoms with Gasteiger partial charge in [0.15, 0.2) is 0 Å². The summed E-state index contributed by atoms with van der Waals surface area (Å²) in [7, 11) is 3.07. The standard InChI is InChI=1S/C15H22BrNO4/c1-19-9-7-17-11-12-10-13(16)5-6-14(12)21-8-3-4-15(18)20-2/h5-6,10,17H,3-4,7-9,11H2,1-2H3. The summed E-state index contributed by atoms with van der Waals surface area (Å²) in [4.78, 5) is 11.0. The third-order valence-corrected chi connectivity index (χ3v) is 3.32. The fraction of sp³-hybridized carbons (Fsp3) is 0.533. The van der Waals surface area contributed by atoms with E-state index in [1.807, 2.05) is 18.2 Å². The topological polar surface area (TPSA) is 56.8 Å². The lowest BCUT2D eigenvalue weighted by atomic mass is 10.2. The van der Waals surface area contributed by atoms with Crippen molar-refractivity contribution in [1.29, 1.82) is 0 Å². The monoisotopic (exact) mass is 359 g/mol. The van der Waals surface area contributed by atoms with Crippen LogP contribution in [-0.2, 0) is 20.8 Å². The molecular weight excluding hydrogens is 338 g/mol. The van der Waals surface area contributed by atoms with Crippen LogP contribution >= 0.6 is 15.9 Å². The summed E-state index contributed by atoms with van der Waals surface area (Å²) in [5.74, 6) is 0.615. The number of carbonyl (C=O) groups excluding carboxylic acids is 1. The zero-order chi connectivity index (χ0) is 15.5. The van der Waals surface area contributed by atoms with Gasteiger partial charge in [0.05, 0.1) is 20.3 Å². The molecule has 0 aliphatic carbocycles. The molecule has 0 heterocycles. The first-order valence-corrected chi connectivity index (χ1v) is 7.64. The highest BCUT2D eigenvalue weighted by atomic mass is 79.9. The lowest BCUT2D eigenvalue weighted by molar-refractivity contribution is -0.140. The summed E-state index contributed by atoms with van der Waals surface area (Å²) in [6.45, 7) is 2.64. The van der Waals surface area contributed by atoms with Gasteiger partial charge in [-0.2, -0.15) is 0 Å². The molecule has 5 nitrogen and oxygen atoms in total. The summed E-state index contributed by atoms with van der Waals surface area (Å²) >= 11 is 3.46. The SMILES string of the molecule is COCCNCc1cc(Br)ccc1OCCCC(=O)OC. The van der Waals surface area contributed by atoms with Crippen LogP contribution in [0.5, 0.6) is 5.75 Å². The highest BCUT2D eigenvalue weighted by Gasteiger charge is 2.06. The Bertz CT molecular complexity index is 440. The molecule has 1 aromatic carbocycles. The van der Waals surface area contributed by atoms with E-state index in [1.165, 1.54) is 7.11 Å². The second kappa shape index (κ2) is 10.6. The Hall–Kier alpha value is -1.11. The van der Waals surface area contributed by atoms with E-state index in [4.69, 9.17) is 9.47 Å². The number of hydrogen-bond acceptors (Lipinski definition) is 5. The normalized spacial score (nSPS) is 10.4. The average Bonchev–Trinajstić information content (AvgIpc) is 2.49. The molecule has 0 atom stereocenters. The minimum atomic E-state index is -0.212. The molecule has 0 aromatic heterocycles. The van der Waals surface area contributed by atoms with E-state index in [1.54, 1.807) is 7.11 Å². The molecule has 0 radical (unpaired) electrons. The van der Waals surface area contributed by atoms with E-state index >= 15 is 0 Å². The molecule has 21 heavy (non-hydrogen) atoms. The van der Waals surface area contributed by atoms with Crippen LogP contribution in [0.4, 0.5) is 0 Å². The fourth-order valence-corrected chi connectivity index (χ4v) is 2.13. The molecule has 0 saturated heterocycles. The van der Waals surface area contributed by atoms with Crippen LogP contribution in [0.3, 0.4) is 0 Å². The largest absolute Gasteiger partial charge is 0.493 e. The Morgan fingerprint density at radius 3 is 2.81 bits per heavy atom. The van der Waals surface area contributed by atoms with E-state index in [-0.39, 0.29) is 5.97 Å². The molecule has 0 aliphatic rings. The second-order valence-corrected chi connectivity index (χ2v) is 5.37. The van der Waals surface area contributed by atoms with Gasteiger partial charge in [0.2, 0.25) is 0 Å². The predicted octanol–water partition coefficient (Wildman–Crippen LogP) is 2.52. The Morgan fingerprint density at radius 2 is 2.10 bits per heavy atom.